The average Bonchev–Trinajstić information content (AvgIpc) is 3.79. The maximum atomic E-state index is 2.50. The van der Waals surface area contributed by atoms with Crippen LogP contribution in [0.5, 0.6) is 0 Å². The molecule has 0 saturated carbocycles. The number of hydrogen-bond acceptors (Lipinski definition) is 0. The zero-order valence-corrected chi connectivity index (χ0v) is 30.8. The Morgan fingerprint density at radius 3 is 1.14 bits per heavy atom. The van der Waals surface area contributed by atoms with Crippen molar-refractivity contribution in [1.29, 1.82) is 0 Å². The number of rotatable bonds is 6. The molecule has 11 rings (SSSR count). The molecular weight excluding hydrogens is 673 g/mol. The molecule has 0 heterocycles. The van der Waals surface area contributed by atoms with Gasteiger partial charge in [-0.3, -0.25) is 0 Å². The van der Waals surface area contributed by atoms with E-state index in [1.54, 1.807) is 0 Å². The van der Waals surface area contributed by atoms with Crippen LogP contribution in [0.3, 0.4) is 0 Å². The second-order valence-electron chi connectivity index (χ2n) is 14.7. The van der Waals surface area contributed by atoms with E-state index in [4.69, 9.17) is 0 Å². The maximum absolute atomic E-state index is 2.50. The van der Waals surface area contributed by atoms with Gasteiger partial charge in [-0.1, -0.05) is 206 Å². The topological polar surface area (TPSA) is 0 Å². The highest BCUT2D eigenvalue weighted by molar-refractivity contribution is 6.40. The number of fused-ring (bicyclic) bond motifs is 6. The summed E-state index contributed by atoms with van der Waals surface area (Å²) >= 11 is 0. The Morgan fingerprint density at radius 1 is 0.179 bits per heavy atom. The molecule has 56 heavy (non-hydrogen) atoms. The molecule has 0 spiro atoms. The summed E-state index contributed by atoms with van der Waals surface area (Å²) in [5.41, 5.74) is 20.0. The Hall–Kier alpha value is -7.28. The van der Waals surface area contributed by atoms with E-state index in [0.29, 0.717) is 0 Å². The molecule has 260 valence electrons. The first-order valence-corrected chi connectivity index (χ1v) is 19.4. The number of benzene rings is 9. The molecular formula is C56H36. The fraction of sp³-hybridized carbons (Fsp3) is 0. The lowest BCUT2D eigenvalue weighted by Crippen LogP contribution is -1.97. The van der Waals surface area contributed by atoms with Gasteiger partial charge in [-0.15, -0.1) is 0 Å². The summed E-state index contributed by atoms with van der Waals surface area (Å²) in [6, 6.07) is 80.3. The zero-order valence-electron chi connectivity index (χ0n) is 30.8. The van der Waals surface area contributed by atoms with E-state index in [1.807, 2.05) is 0 Å². The molecule has 9 aromatic rings. The van der Waals surface area contributed by atoms with Crippen LogP contribution in [0.2, 0.25) is 0 Å². The summed E-state index contributed by atoms with van der Waals surface area (Å²) < 4.78 is 0. The van der Waals surface area contributed by atoms with Gasteiger partial charge in [0.1, 0.15) is 0 Å². The third-order valence-corrected chi connectivity index (χ3v) is 11.6. The third kappa shape index (κ3) is 5.08. The summed E-state index contributed by atoms with van der Waals surface area (Å²) in [5, 5.41) is 5.06. The van der Waals surface area contributed by atoms with E-state index in [0.717, 1.165) is 0 Å². The summed E-state index contributed by atoms with van der Waals surface area (Å²) in [5.74, 6) is 0. The fourth-order valence-corrected chi connectivity index (χ4v) is 9.22. The zero-order chi connectivity index (χ0) is 37.0. The molecule has 0 bridgehead atoms. The molecule has 2 aliphatic rings. The van der Waals surface area contributed by atoms with E-state index < -0.39 is 0 Å². The van der Waals surface area contributed by atoms with E-state index >= 15 is 0 Å². The van der Waals surface area contributed by atoms with E-state index in [1.165, 1.54) is 111 Å². The normalized spacial score (nSPS) is 13.5. The molecule has 0 radical (unpaired) electrons. The van der Waals surface area contributed by atoms with Crippen LogP contribution in [-0.2, 0) is 0 Å². The molecule has 0 aliphatic heterocycles. The molecule has 0 fully saturated rings. The molecule has 2 aliphatic carbocycles. The lowest BCUT2D eigenvalue weighted by molar-refractivity contribution is 1.52. The van der Waals surface area contributed by atoms with Gasteiger partial charge >= 0.3 is 0 Å². The molecule has 0 aromatic heterocycles. The molecule has 0 atom stereocenters. The van der Waals surface area contributed by atoms with Crippen molar-refractivity contribution in [3.63, 3.8) is 0 Å². The molecule has 0 saturated heterocycles. The molecule has 0 amide bonds. The van der Waals surface area contributed by atoms with Crippen LogP contribution in [0.15, 0.2) is 224 Å². The highest BCUT2D eigenvalue weighted by Crippen LogP contribution is 2.63. The van der Waals surface area contributed by atoms with Gasteiger partial charge in [0.15, 0.2) is 0 Å². The van der Waals surface area contributed by atoms with Crippen molar-refractivity contribution < 1.29 is 0 Å². The van der Waals surface area contributed by atoms with E-state index in [9.17, 15) is 0 Å². The minimum atomic E-state index is 1.21. The molecule has 0 nitrogen and oxygen atoms in total. The SMILES string of the molecule is c1ccc(C2=C(c3ccccc3)C(c3cccc4c3ccc3ccccc34)=C3C2=C(c2ccccc2)c2cc(-c4ccccc4)c(-c4ccccc4)cc23)cc1. The average molecular weight is 709 g/mol. The second kappa shape index (κ2) is 13.2. The van der Waals surface area contributed by atoms with E-state index in [2.05, 4.69) is 218 Å². The summed E-state index contributed by atoms with van der Waals surface area (Å²) in [4.78, 5) is 0. The first-order valence-electron chi connectivity index (χ1n) is 19.4. The van der Waals surface area contributed by atoms with Crippen molar-refractivity contribution in [3.05, 3.63) is 257 Å². The van der Waals surface area contributed by atoms with Crippen LogP contribution in [0.4, 0.5) is 0 Å². The standard InChI is InChI=1S/C56H36/c1-6-19-37(20-7-1)47-35-49-50(36-48(47)38-21-8-2-9-22-38)55-54(46-32-18-31-44-43-30-17-16-23-39(43)33-34-45(44)46)52(41-26-12-4-13-27-41)53(42-28-14-5-15-29-42)56(55)51(49)40-24-10-3-11-25-40/h1-36H. The quantitative estimate of drug-likeness (QED) is 0.151. The second-order valence-corrected chi connectivity index (χ2v) is 14.7. The monoisotopic (exact) mass is 708 g/mol. The Bertz CT molecular complexity index is 3060. The molecule has 0 unspecified atom stereocenters. The van der Waals surface area contributed by atoms with Gasteiger partial charge in [0, 0.05) is 0 Å². The van der Waals surface area contributed by atoms with Crippen molar-refractivity contribution in [2.75, 3.05) is 0 Å². The minimum absolute atomic E-state index is 1.21. The van der Waals surface area contributed by atoms with E-state index in [-0.39, 0.29) is 0 Å². The van der Waals surface area contributed by atoms with Crippen LogP contribution in [0.25, 0.3) is 71.7 Å². The van der Waals surface area contributed by atoms with Crippen molar-refractivity contribution in [2.24, 2.45) is 0 Å². The minimum Gasteiger partial charge on any atom is -0.0622 e. The van der Waals surface area contributed by atoms with Gasteiger partial charge in [0.25, 0.3) is 0 Å². The largest absolute Gasteiger partial charge is 0.0622 e. The van der Waals surface area contributed by atoms with Crippen molar-refractivity contribution >= 4 is 49.4 Å². The number of allylic oxidation sites excluding steroid dienone is 5. The van der Waals surface area contributed by atoms with Crippen LogP contribution < -0.4 is 0 Å². The van der Waals surface area contributed by atoms with Gasteiger partial charge in [-0.25, -0.2) is 0 Å². The van der Waals surface area contributed by atoms with Gasteiger partial charge < -0.3 is 0 Å². The van der Waals surface area contributed by atoms with Crippen LogP contribution in [0, 0.1) is 0 Å². The van der Waals surface area contributed by atoms with Gasteiger partial charge in [-0.2, -0.15) is 0 Å². The molecule has 0 N–H and O–H groups in total. The molecule has 9 aromatic carbocycles. The van der Waals surface area contributed by atoms with Gasteiger partial charge in [0.2, 0.25) is 0 Å². The smallest absolute Gasteiger partial charge is 0.000137 e. The lowest BCUT2D eigenvalue weighted by Gasteiger charge is -2.20. The van der Waals surface area contributed by atoms with Crippen LogP contribution in [0.1, 0.15) is 33.4 Å². The maximum Gasteiger partial charge on any atom is -0.000137 e. The highest BCUT2D eigenvalue weighted by atomic mass is 14.4. The Balaban J connectivity index is 1.35. The predicted molar refractivity (Wildman–Crippen MR) is 238 cm³/mol. The van der Waals surface area contributed by atoms with Crippen molar-refractivity contribution in [1.82, 2.24) is 0 Å². The van der Waals surface area contributed by atoms with Crippen LogP contribution in [-0.4, -0.2) is 0 Å². The highest BCUT2D eigenvalue weighted by Gasteiger charge is 2.41. The first kappa shape index (κ1) is 32.2. The summed E-state index contributed by atoms with van der Waals surface area (Å²) in [6.07, 6.45) is 0. The summed E-state index contributed by atoms with van der Waals surface area (Å²) in [7, 11) is 0. The van der Waals surface area contributed by atoms with Crippen molar-refractivity contribution in [3.8, 4) is 22.3 Å². The fourth-order valence-electron chi connectivity index (χ4n) is 9.22. The Labute approximate surface area is 327 Å². The van der Waals surface area contributed by atoms with Gasteiger partial charge in [0.05, 0.1) is 0 Å². The molecule has 0 heteroatoms. The predicted octanol–water partition coefficient (Wildman–Crippen LogP) is 14.7. The Kier molecular flexibility index (Phi) is 7.60. The first-order chi connectivity index (χ1) is 27.8. The van der Waals surface area contributed by atoms with Gasteiger partial charge in [-0.05, 0) is 123 Å². The third-order valence-electron chi connectivity index (χ3n) is 11.6. The Morgan fingerprint density at radius 2 is 0.589 bits per heavy atom. The number of hydrogen-bond donors (Lipinski definition) is 0. The van der Waals surface area contributed by atoms with Crippen LogP contribution >= 0.6 is 0 Å². The summed E-state index contributed by atoms with van der Waals surface area (Å²) in [6.45, 7) is 0. The lowest BCUT2D eigenvalue weighted by atomic mass is 9.83. The van der Waals surface area contributed by atoms with Crippen molar-refractivity contribution in [2.45, 2.75) is 0 Å².